The zero-order valence-electron chi connectivity index (χ0n) is 24.8. The fourth-order valence-electron chi connectivity index (χ4n) is 5.92. The number of nitrogens with zero attached hydrogens (tertiary/aromatic N) is 1. The number of unbranched alkanes of at least 4 members (excludes halogenated alkanes) is 10. The molecule has 7 heteroatoms. The maximum Gasteiger partial charge on any atom is 0.362 e. The van der Waals surface area contributed by atoms with Crippen LogP contribution in [0.3, 0.4) is 0 Å². The van der Waals surface area contributed by atoms with Crippen LogP contribution >= 0.6 is 0 Å². The summed E-state index contributed by atoms with van der Waals surface area (Å²) in [5, 5.41) is 32.9. The molecule has 0 aromatic rings. The lowest BCUT2D eigenvalue weighted by Crippen LogP contribution is -2.74. The number of hydrogen-bond acceptors (Lipinski definition) is 4. The second kappa shape index (κ2) is 22.0. The molecule has 0 aromatic carbocycles. The van der Waals surface area contributed by atoms with Crippen molar-refractivity contribution in [2.45, 2.75) is 161 Å². The molecule has 0 radical (unpaired) electrons. The number of rotatable bonds is 26. The number of quaternary nitrogens is 1. The van der Waals surface area contributed by atoms with E-state index in [4.69, 9.17) is 0 Å². The number of carboxylic acid groups (broad SMARTS) is 3. The number of carboxylic acids is 3. The molecule has 7 nitrogen and oxygen atoms in total. The van der Waals surface area contributed by atoms with Crippen molar-refractivity contribution in [2.24, 2.45) is 0 Å². The SMILES string of the molecule is CCCCCCCCCCC/C=C/CCC[N+](C(CCC)C(=O)[O-])(C(CCC)C(=O)O)C(CCC)C(=O)O. The van der Waals surface area contributed by atoms with Crippen LogP contribution in [-0.2, 0) is 14.4 Å². The first-order valence-corrected chi connectivity index (χ1v) is 15.4. The van der Waals surface area contributed by atoms with Crippen molar-refractivity contribution in [2.75, 3.05) is 6.54 Å². The van der Waals surface area contributed by atoms with E-state index in [-0.39, 0.29) is 25.8 Å². The Bertz CT molecular complexity index is 617. The first kappa shape index (κ1) is 36.1. The van der Waals surface area contributed by atoms with Crippen molar-refractivity contribution in [1.29, 1.82) is 0 Å². The van der Waals surface area contributed by atoms with Gasteiger partial charge in [0, 0.05) is 25.7 Å². The zero-order chi connectivity index (χ0) is 28.8. The predicted molar refractivity (Wildman–Crippen MR) is 152 cm³/mol. The topological polar surface area (TPSA) is 115 Å². The molecule has 3 unspecified atom stereocenters. The molecule has 0 aliphatic rings. The number of carbonyl (C=O) groups is 3. The van der Waals surface area contributed by atoms with Crippen molar-refractivity contribution in [1.82, 2.24) is 0 Å². The Morgan fingerprint density at radius 1 is 0.605 bits per heavy atom. The fraction of sp³-hybridized carbons (Fsp3) is 0.839. The van der Waals surface area contributed by atoms with Crippen LogP contribution in [0, 0.1) is 0 Å². The lowest BCUT2D eigenvalue weighted by Gasteiger charge is -2.52. The van der Waals surface area contributed by atoms with Crippen molar-refractivity contribution < 1.29 is 34.2 Å². The smallest absolute Gasteiger partial charge is 0.362 e. The average molecular weight is 540 g/mol. The van der Waals surface area contributed by atoms with Gasteiger partial charge in [0.2, 0.25) is 0 Å². The van der Waals surface area contributed by atoms with Gasteiger partial charge in [0.15, 0.2) is 12.1 Å². The van der Waals surface area contributed by atoms with E-state index in [1.54, 1.807) is 0 Å². The molecule has 38 heavy (non-hydrogen) atoms. The van der Waals surface area contributed by atoms with E-state index in [1.165, 1.54) is 51.4 Å². The van der Waals surface area contributed by atoms with Gasteiger partial charge < -0.3 is 20.1 Å². The Balaban J connectivity index is 5.43. The van der Waals surface area contributed by atoms with E-state index in [2.05, 4.69) is 19.1 Å². The van der Waals surface area contributed by atoms with Crippen molar-refractivity contribution in [3.8, 4) is 0 Å². The van der Waals surface area contributed by atoms with Gasteiger partial charge in [-0.05, 0) is 32.1 Å². The van der Waals surface area contributed by atoms with E-state index in [0.717, 1.165) is 12.8 Å². The molecule has 0 heterocycles. The number of allylic oxidation sites excluding steroid dienone is 2. The molecule has 0 aliphatic heterocycles. The quantitative estimate of drug-likeness (QED) is 0.0738. The lowest BCUT2D eigenvalue weighted by atomic mass is 9.91. The highest BCUT2D eigenvalue weighted by Gasteiger charge is 2.54. The standard InChI is InChI=1S/C31H57NO6/c1-5-9-10-11-12-13-14-15-16-17-18-19-20-21-25-32(26(22-6-2)29(33)34,27(23-7-3)30(35)36)28(24-8-4)31(37)38/h18-19,26-28H,5-17,20-25H2,1-4H3,(H2-,33,34,35,36,37,38)/b19-18+. The zero-order valence-corrected chi connectivity index (χ0v) is 24.8. The molecule has 0 saturated heterocycles. The van der Waals surface area contributed by atoms with Crippen LogP contribution < -0.4 is 5.11 Å². The minimum atomic E-state index is -1.35. The maximum absolute atomic E-state index is 12.5. The molecule has 222 valence electrons. The Morgan fingerprint density at radius 3 is 1.39 bits per heavy atom. The molecule has 0 aromatic heterocycles. The molecule has 0 amide bonds. The van der Waals surface area contributed by atoms with Gasteiger partial charge >= 0.3 is 11.9 Å². The van der Waals surface area contributed by atoms with E-state index in [9.17, 15) is 29.7 Å². The third-order valence-corrected chi connectivity index (χ3v) is 7.83. The minimum Gasteiger partial charge on any atom is -0.544 e. The third-order valence-electron chi connectivity index (χ3n) is 7.83. The van der Waals surface area contributed by atoms with Gasteiger partial charge in [0.05, 0.1) is 12.5 Å². The second-order valence-corrected chi connectivity index (χ2v) is 10.9. The van der Waals surface area contributed by atoms with Crippen LogP contribution in [0.15, 0.2) is 12.2 Å². The summed E-state index contributed by atoms with van der Waals surface area (Å²) in [6.07, 6.45) is 20.2. The Morgan fingerprint density at radius 2 is 1.00 bits per heavy atom. The van der Waals surface area contributed by atoms with Gasteiger partial charge in [-0.1, -0.05) is 97.6 Å². The Hall–Kier alpha value is -1.89. The van der Waals surface area contributed by atoms with E-state index in [1.807, 2.05) is 20.8 Å². The second-order valence-electron chi connectivity index (χ2n) is 10.9. The summed E-state index contributed by atoms with van der Waals surface area (Å²) >= 11 is 0. The van der Waals surface area contributed by atoms with Crippen LogP contribution in [0.5, 0.6) is 0 Å². The molecule has 0 spiro atoms. The third kappa shape index (κ3) is 12.8. The van der Waals surface area contributed by atoms with Crippen LogP contribution in [-0.4, -0.2) is 57.3 Å². The summed E-state index contributed by atoms with van der Waals surface area (Å²) in [5.41, 5.74) is 0. The van der Waals surface area contributed by atoms with Crippen molar-refractivity contribution in [3.05, 3.63) is 12.2 Å². The van der Waals surface area contributed by atoms with Gasteiger partial charge in [-0.2, -0.15) is 0 Å². The van der Waals surface area contributed by atoms with Crippen LogP contribution in [0.1, 0.15) is 143 Å². The highest BCUT2D eigenvalue weighted by atomic mass is 16.4. The molecule has 0 rings (SSSR count). The molecular formula is C31H57NO6. The van der Waals surface area contributed by atoms with Crippen molar-refractivity contribution in [3.63, 3.8) is 0 Å². The van der Waals surface area contributed by atoms with E-state index >= 15 is 0 Å². The van der Waals surface area contributed by atoms with Gasteiger partial charge in [-0.3, -0.25) is 4.48 Å². The van der Waals surface area contributed by atoms with Crippen LogP contribution in [0.25, 0.3) is 0 Å². The number of aliphatic carboxylic acids is 3. The van der Waals surface area contributed by atoms with Gasteiger partial charge in [-0.25, -0.2) is 9.59 Å². The lowest BCUT2D eigenvalue weighted by molar-refractivity contribution is -0.975. The summed E-state index contributed by atoms with van der Waals surface area (Å²) in [6.45, 7) is 7.96. The highest BCUT2D eigenvalue weighted by molar-refractivity contribution is 5.77. The normalized spacial score (nSPS) is 15.7. The van der Waals surface area contributed by atoms with Crippen LogP contribution in [0.4, 0.5) is 0 Å². The fourth-order valence-corrected chi connectivity index (χ4v) is 5.92. The van der Waals surface area contributed by atoms with E-state index < -0.39 is 40.5 Å². The number of carbonyl (C=O) groups excluding carboxylic acids is 1. The average Bonchev–Trinajstić information content (AvgIpc) is 2.87. The first-order chi connectivity index (χ1) is 18.2. The summed E-state index contributed by atoms with van der Waals surface area (Å²) in [4.78, 5) is 37.4. The molecular weight excluding hydrogens is 482 g/mol. The largest absolute Gasteiger partial charge is 0.544 e. The minimum absolute atomic E-state index is 0.189. The summed E-state index contributed by atoms with van der Waals surface area (Å²) in [6, 6.07) is -3.38. The maximum atomic E-state index is 12.5. The van der Waals surface area contributed by atoms with Gasteiger partial charge in [-0.15, -0.1) is 0 Å². The molecule has 0 aliphatic carbocycles. The number of hydrogen-bond donors (Lipinski definition) is 2. The molecule has 2 N–H and O–H groups in total. The summed E-state index contributed by atoms with van der Waals surface area (Å²) in [7, 11) is 0. The first-order valence-electron chi connectivity index (χ1n) is 15.4. The molecule has 0 bridgehead atoms. The molecule has 3 atom stereocenters. The van der Waals surface area contributed by atoms with Gasteiger partial charge in [0.25, 0.3) is 0 Å². The predicted octanol–water partition coefficient (Wildman–Crippen LogP) is 6.49. The molecule has 0 fully saturated rings. The Labute approximate surface area is 232 Å². The van der Waals surface area contributed by atoms with Crippen LogP contribution in [0.2, 0.25) is 0 Å². The van der Waals surface area contributed by atoms with Gasteiger partial charge in [0.1, 0.15) is 6.04 Å². The van der Waals surface area contributed by atoms with E-state index in [0.29, 0.717) is 32.1 Å². The highest BCUT2D eigenvalue weighted by Crippen LogP contribution is 2.34. The summed E-state index contributed by atoms with van der Waals surface area (Å²) < 4.78 is -0.464. The summed E-state index contributed by atoms with van der Waals surface area (Å²) in [5.74, 6) is -3.60. The Kier molecular flexibility index (Phi) is 20.9. The monoisotopic (exact) mass is 539 g/mol. The molecule has 0 saturated carbocycles. The van der Waals surface area contributed by atoms with Crippen molar-refractivity contribution >= 4 is 17.9 Å².